The van der Waals surface area contributed by atoms with Crippen LogP contribution in [0.2, 0.25) is 0 Å². The third-order valence-corrected chi connectivity index (χ3v) is 12.7. The number of aromatic nitrogens is 8. The minimum atomic E-state index is -0.0705. The van der Waals surface area contributed by atoms with Crippen LogP contribution in [-0.2, 0) is 27.2 Å². The molecule has 2 aliphatic rings. The number of carbonyl (C=O) groups is 1. The Labute approximate surface area is 408 Å². The van der Waals surface area contributed by atoms with Crippen LogP contribution < -0.4 is 25.4 Å². The van der Waals surface area contributed by atoms with Gasteiger partial charge in [0, 0.05) is 81.3 Å². The maximum absolute atomic E-state index is 13.4. The second-order valence-electron chi connectivity index (χ2n) is 17.7. The summed E-state index contributed by atoms with van der Waals surface area (Å²) in [4.78, 5) is 38.2. The van der Waals surface area contributed by atoms with Gasteiger partial charge in [0.1, 0.15) is 47.6 Å². The minimum absolute atomic E-state index is 0.0270. The Morgan fingerprint density at radius 3 is 2.47 bits per heavy atom. The molecule has 366 valence electrons. The van der Waals surface area contributed by atoms with Crippen LogP contribution in [0, 0.1) is 0 Å². The van der Waals surface area contributed by atoms with Gasteiger partial charge in [0.05, 0.1) is 44.1 Å². The third kappa shape index (κ3) is 12.0. The number of para-hydroxylation sites is 1. The molecule has 7 heterocycles. The highest BCUT2D eigenvalue weighted by Gasteiger charge is 2.28. The maximum atomic E-state index is 13.4. The highest BCUT2D eigenvalue weighted by Crippen LogP contribution is 2.35. The zero-order valence-electron chi connectivity index (χ0n) is 40.2. The zero-order valence-corrected chi connectivity index (χ0v) is 40.2. The number of carbonyl (C=O) groups excluding carboxylic acids is 1. The molecule has 18 nitrogen and oxygen atoms in total. The molecule has 1 amide bonds. The number of rotatable bonds is 22. The standard InChI is InChI=1S/C52H63N13O5/c1-3-39-35-58-65-44(32-45(59-51(39)65)62-23-8-5-9-24-62)54-33-38-16-21-46(55-34-38)69-31-30-68-29-28-67-27-26-61(2)22-11-15-47(66)63-25-10-12-41(36-63)64-52-48(50(53)56-37-57-52)49(60-64)40-17-19-43(20-18-40)70-42-13-6-4-7-14-42/h4,6-7,11,13-21,32,34-35,37,41,54H,3,5,8-10,12,22-31,33,36H2,1-2H3,(H2,53,56,57)/b15-11+. The van der Waals surface area contributed by atoms with E-state index in [-0.39, 0.29) is 11.9 Å². The van der Waals surface area contributed by atoms with Crippen molar-refractivity contribution in [3.8, 4) is 28.6 Å². The Kier molecular flexibility index (Phi) is 16.0. The number of nitrogens with zero attached hydrogens (tertiary/aromatic N) is 11. The summed E-state index contributed by atoms with van der Waals surface area (Å²) in [5, 5.41) is 13.9. The molecule has 0 bridgehead atoms. The van der Waals surface area contributed by atoms with Gasteiger partial charge < -0.3 is 44.7 Å². The van der Waals surface area contributed by atoms with E-state index in [9.17, 15) is 4.79 Å². The van der Waals surface area contributed by atoms with Crippen LogP contribution in [0.3, 0.4) is 0 Å². The van der Waals surface area contributed by atoms with Gasteiger partial charge in [0.15, 0.2) is 11.3 Å². The number of ether oxygens (including phenoxy) is 4. The molecule has 2 aromatic carbocycles. The van der Waals surface area contributed by atoms with E-state index in [1.807, 2.05) is 106 Å². The van der Waals surface area contributed by atoms with Gasteiger partial charge in [-0.1, -0.05) is 37.3 Å². The first kappa shape index (κ1) is 47.9. The van der Waals surface area contributed by atoms with Gasteiger partial charge in [-0.05, 0) is 87.5 Å². The topological polar surface area (TPSA) is 188 Å². The van der Waals surface area contributed by atoms with Crippen molar-refractivity contribution in [2.45, 2.75) is 58.0 Å². The van der Waals surface area contributed by atoms with E-state index < -0.39 is 0 Å². The molecule has 70 heavy (non-hydrogen) atoms. The average Bonchev–Trinajstić information content (AvgIpc) is 4.01. The minimum Gasteiger partial charge on any atom is -0.475 e. The molecule has 0 aliphatic carbocycles. The molecular weight excluding hydrogens is 887 g/mol. The first-order valence-electron chi connectivity index (χ1n) is 24.5. The lowest BCUT2D eigenvalue weighted by Crippen LogP contribution is -2.40. The van der Waals surface area contributed by atoms with Crippen molar-refractivity contribution in [1.29, 1.82) is 0 Å². The molecule has 1 unspecified atom stereocenters. The SMILES string of the molecule is CCc1cnn2c(NCc3ccc(OCCOCCOCCN(C)C/C=C/C(=O)N4CCCC(n5nc(-c6ccc(Oc7ccccc7)cc6)c6c(N)ncnc65)C4)nc3)cc(N3CCCCC3)nc12. The van der Waals surface area contributed by atoms with Crippen molar-refractivity contribution < 1.29 is 23.7 Å². The number of hydrogen-bond acceptors (Lipinski definition) is 15. The maximum Gasteiger partial charge on any atom is 0.246 e. The van der Waals surface area contributed by atoms with Crippen LogP contribution in [0.15, 0.2) is 104 Å². The summed E-state index contributed by atoms with van der Waals surface area (Å²) in [6.45, 7) is 9.59. The number of nitrogen functional groups attached to an aromatic ring is 1. The lowest BCUT2D eigenvalue weighted by atomic mass is 10.1. The number of aryl methyl sites for hydroxylation is 1. The number of nitrogens with one attached hydrogen (secondary N) is 1. The van der Waals surface area contributed by atoms with Gasteiger partial charge in [0.2, 0.25) is 11.8 Å². The number of likely N-dealkylation sites (tertiary alicyclic amines) is 1. The molecule has 7 aromatic rings. The predicted molar refractivity (Wildman–Crippen MR) is 270 cm³/mol. The highest BCUT2D eigenvalue weighted by atomic mass is 16.5. The Morgan fingerprint density at radius 1 is 0.871 bits per heavy atom. The van der Waals surface area contributed by atoms with Crippen molar-refractivity contribution in [1.82, 2.24) is 49.1 Å². The summed E-state index contributed by atoms with van der Waals surface area (Å²) in [5.41, 5.74) is 11.7. The van der Waals surface area contributed by atoms with Gasteiger partial charge in [-0.3, -0.25) is 4.79 Å². The van der Waals surface area contributed by atoms with Crippen LogP contribution in [0.4, 0.5) is 17.5 Å². The van der Waals surface area contributed by atoms with Gasteiger partial charge >= 0.3 is 0 Å². The van der Waals surface area contributed by atoms with Gasteiger partial charge in [-0.25, -0.2) is 24.6 Å². The second kappa shape index (κ2) is 23.4. The van der Waals surface area contributed by atoms with Crippen LogP contribution in [0.1, 0.15) is 56.2 Å². The van der Waals surface area contributed by atoms with Crippen molar-refractivity contribution in [2.24, 2.45) is 0 Å². The first-order valence-corrected chi connectivity index (χ1v) is 24.5. The lowest BCUT2D eigenvalue weighted by molar-refractivity contribution is -0.127. The van der Waals surface area contributed by atoms with Crippen LogP contribution in [0.5, 0.6) is 17.4 Å². The summed E-state index contributed by atoms with van der Waals surface area (Å²) in [6, 6.07) is 23.3. The van der Waals surface area contributed by atoms with Gasteiger partial charge in [-0.15, -0.1) is 0 Å². The number of benzene rings is 2. The summed E-state index contributed by atoms with van der Waals surface area (Å²) < 4.78 is 27.2. The molecule has 9 rings (SSSR count). The number of nitrogens with two attached hydrogens (primary N) is 1. The Balaban J connectivity index is 0.655. The molecular formula is C52H63N13O5. The Bertz CT molecular complexity index is 2810. The fourth-order valence-corrected chi connectivity index (χ4v) is 8.84. The number of hydrogen-bond donors (Lipinski definition) is 2. The molecule has 5 aromatic heterocycles. The van der Waals surface area contributed by atoms with E-state index in [1.54, 1.807) is 6.08 Å². The highest BCUT2D eigenvalue weighted by molar-refractivity contribution is 5.98. The first-order chi connectivity index (χ1) is 34.4. The van der Waals surface area contributed by atoms with Gasteiger partial charge in [0.25, 0.3) is 0 Å². The van der Waals surface area contributed by atoms with E-state index >= 15 is 0 Å². The van der Waals surface area contributed by atoms with E-state index in [0.717, 1.165) is 72.1 Å². The van der Waals surface area contributed by atoms with E-state index in [2.05, 4.69) is 48.2 Å². The Morgan fingerprint density at radius 2 is 1.67 bits per heavy atom. The van der Waals surface area contributed by atoms with Crippen molar-refractivity contribution in [2.75, 3.05) is 95.3 Å². The quantitative estimate of drug-likeness (QED) is 0.0511. The van der Waals surface area contributed by atoms with Gasteiger partial charge in [-0.2, -0.15) is 14.7 Å². The molecule has 0 saturated carbocycles. The second-order valence-corrected chi connectivity index (χ2v) is 17.7. The molecule has 0 radical (unpaired) electrons. The van der Waals surface area contributed by atoms with E-state index in [4.69, 9.17) is 34.8 Å². The van der Waals surface area contributed by atoms with Crippen LogP contribution in [0.25, 0.3) is 27.9 Å². The largest absolute Gasteiger partial charge is 0.475 e. The van der Waals surface area contributed by atoms with Crippen LogP contribution >= 0.6 is 0 Å². The molecule has 2 aliphatic heterocycles. The summed E-state index contributed by atoms with van der Waals surface area (Å²) in [6.07, 6.45) is 15.0. The number of anilines is 3. The fourth-order valence-electron chi connectivity index (χ4n) is 8.84. The van der Waals surface area contributed by atoms with Crippen molar-refractivity contribution >= 4 is 40.0 Å². The normalized spacial score (nSPS) is 15.4. The summed E-state index contributed by atoms with van der Waals surface area (Å²) >= 11 is 0. The third-order valence-electron chi connectivity index (χ3n) is 12.7. The molecule has 3 N–H and O–H groups in total. The molecule has 2 fully saturated rings. The predicted octanol–water partition coefficient (Wildman–Crippen LogP) is 7.23. The fraction of sp³-hybridized carbons (Fsp3) is 0.404. The molecule has 18 heteroatoms. The molecule has 1 atom stereocenters. The number of pyridine rings is 1. The molecule has 0 spiro atoms. The summed E-state index contributed by atoms with van der Waals surface area (Å²) in [7, 11) is 2.00. The zero-order chi connectivity index (χ0) is 48.1. The van der Waals surface area contributed by atoms with Crippen molar-refractivity contribution in [3.63, 3.8) is 0 Å². The number of likely N-dealkylation sites (N-methyl/N-ethyl adjacent to an activating group) is 1. The number of fused-ring (bicyclic) bond motifs is 2. The monoisotopic (exact) mass is 950 g/mol. The number of piperidine rings is 2. The van der Waals surface area contributed by atoms with E-state index in [1.165, 1.54) is 25.6 Å². The average molecular weight is 950 g/mol. The Hall–Kier alpha value is -7.15. The summed E-state index contributed by atoms with van der Waals surface area (Å²) in [5.74, 6) is 4.27. The lowest BCUT2D eigenvalue weighted by Gasteiger charge is -2.32. The van der Waals surface area contributed by atoms with Crippen molar-refractivity contribution in [3.05, 3.63) is 115 Å². The van der Waals surface area contributed by atoms with Crippen LogP contribution in [-0.4, -0.2) is 134 Å². The molecule has 2 saturated heterocycles. The number of amides is 1. The van der Waals surface area contributed by atoms with E-state index in [0.29, 0.717) is 99.9 Å². The smallest absolute Gasteiger partial charge is 0.246 e.